The summed E-state index contributed by atoms with van der Waals surface area (Å²) in [6.07, 6.45) is 15.8. The Kier molecular flexibility index (Phi) is 35.7. The predicted molar refractivity (Wildman–Crippen MR) is 210 cm³/mol. The minimum absolute atomic E-state index is 0.0959. The van der Waals surface area contributed by atoms with E-state index >= 15 is 0 Å². The number of rotatable bonds is 16. The molecule has 0 aliphatic heterocycles. The molecule has 0 aliphatic carbocycles. The van der Waals surface area contributed by atoms with Crippen molar-refractivity contribution in [3.05, 3.63) is 53.6 Å². The number of hydrogen-bond acceptors (Lipinski definition) is 3. The average Bonchev–Trinajstić information content (AvgIpc) is 3.06. The first-order valence-electron chi connectivity index (χ1n) is 19.0. The maximum absolute atomic E-state index is 12.6. The van der Waals surface area contributed by atoms with Crippen molar-refractivity contribution in [2.45, 2.75) is 173 Å². The van der Waals surface area contributed by atoms with Crippen molar-refractivity contribution in [2.75, 3.05) is 6.61 Å². The van der Waals surface area contributed by atoms with Gasteiger partial charge in [0, 0.05) is 17.7 Å². The molecule has 266 valence electrons. The van der Waals surface area contributed by atoms with Crippen molar-refractivity contribution in [2.24, 2.45) is 16.8 Å². The van der Waals surface area contributed by atoms with Gasteiger partial charge in [0.05, 0.1) is 12.3 Å². The van der Waals surface area contributed by atoms with Crippen LogP contribution in [-0.4, -0.2) is 23.2 Å². The molecule has 0 amide bonds. The van der Waals surface area contributed by atoms with Gasteiger partial charge in [-0.15, -0.1) is 0 Å². The van der Waals surface area contributed by atoms with Gasteiger partial charge in [-0.2, -0.15) is 0 Å². The Labute approximate surface area is 288 Å². The second-order valence-corrected chi connectivity index (χ2v) is 12.4. The molecule has 0 saturated heterocycles. The second-order valence-electron chi connectivity index (χ2n) is 12.4. The number of aliphatic hydroxyl groups excluding tert-OH is 1. The maximum atomic E-state index is 12.6. The molecule has 0 atom stereocenters. The zero-order valence-corrected chi connectivity index (χ0v) is 32.9. The van der Waals surface area contributed by atoms with Crippen LogP contribution in [0.4, 0.5) is 5.69 Å². The van der Waals surface area contributed by atoms with E-state index in [1.54, 1.807) is 6.92 Å². The van der Waals surface area contributed by atoms with E-state index in [1.807, 2.05) is 39.0 Å². The van der Waals surface area contributed by atoms with Gasteiger partial charge in [-0.1, -0.05) is 178 Å². The Hall–Kier alpha value is -2.26. The zero-order valence-electron chi connectivity index (χ0n) is 32.9. The smallest absolute Gasteiger partial charge is 0.165 e. The van der Waals surface area contributed by atoms with Crippen LogP contribution in [0.3, 0.4) is 0 Å². The number of carbonyl (C=O) groups is 1. The van der Waals surface area contributed by atoms with Crippen molar-refractivity contribution >= 4 is 17.2 Å². The van der Waals surface area contributed by atoms with Gasteiger partial charge in [0.25, 0.3) is 0 Å². The Morgan fingerprint density at radius 2 is 1.33 bits per heavy atom. The van der Waals surface area contributed by atoms with Crippen LogP contribution >= 0.6 is 0 Å². The minimum Gasteiger partial charge on any atom is -0.390 e. The van der Waals surface area contributed by atoms with E-state index in [0.717, 1.165) is 42.2 Å². The Bertz CT molecular complexity index is 988. The van der Waals surface area contributed by atoms with Crippen LogP contribution < -0.4 is 0 Å². The lowest BCUT2D eigenvalue weighted by atomic mass is 9.96. The standard InChI is InChI=1S/C22H27NO2.C9H20.C7H16.C3H8.C2H6/c1-4-7-17-9-6-10-18(13-17)19-11-12-21(23-16(3)15-24)20(14-19)22(25)8-5-2;1-4-7-8-9(5-2)6-3;1-4-5-6-7(2)3;1-3-2;1-2/h6,9-14,24H,4-5,7-8,15H2,1-3H3;9H,4-8H2,1-3H3;7H,4-6H2,1-3H3;3H2,1-2H3;1-2H3. The molecule has 0 aliphatic rings. The summed E-state index contributed by atoms with van der Waals surface area (Å²) in [6.45, 7) is 27.7. The summed E-state index contributed by atoms with van der Waals surface area (Å²) >= 11 is 0. The van der Waals surface area contributed by atoms with Crippen molar-refractivity contribution in [3.63, 3.8) is 0 Å². The molecule has 1 N–H and O–H groups in total. The largest absolute Gasteiger partial charge is 0.390 e. The summed E-state index contributed by atoms with van der Waals surface area (Å²) in [6, 6.07) is 14.3. The average molecular weight is 640 g/mol. The van der Waals surface area contributed by atoms with E-state index in [2.05, 4.69) is 91.6 Å². The first-order valence-corrected chi connectivity index (χ1v) is 19.0. The summed E-state index contributed by atoms with van der Waals surface area (Å²) in [5, 5.41) is 9.23. The predicted octanol–water partition coefficient (Wildman–Crippen LogP) is 14.3. The monoisotopic (exact) mass is 640 g/mol. The minimum atomic E-state index is -0.109. The Morgan fingerprint density at radius 3 is 1.78 bits per heavy atom. The number of aryl methyl sites for hydroxylation is 1. The molecule has 3 heteroatoms. The van der Waals surface area contributed by atoms with Gasteiger partial charge in [-0.25, -0.2) is 0 Å². The number of aliphatic imine (C=N–C) groups is 1. The third kappa shape index (κ3) is 24.9. The molecule has 0 aromatic heterocycles. The fourth-order valence-corrected chi connectivity index (χ4v) is 4.64. The first-order chi connectivity index (χ1) is 22.1. The lowest BCUT2D eigenvalue weighted by Crippen LogP contribution is -2.02. The Morgan fingerprint density at radius 1 is 0.761 bits per heavy atom. The SMILES string of the molecule is CC.CCC.CCCC(=O)c1cc(-c2cccc(CCC)c2)ccc1N=C(C)CO.CCCCC(C)C.CCCCC(CC)CC. The quantitative estimate of drug-likeness (QED) is 0.147. The molecule has 2 aromatic carbocycles. The highest BCUT2D eigenvalue weighted by Crippen LogP contribution is 2.29. The maximum Gasteiger partial charge on any atom is 0.165 e. The topological polar surface area (TPSA) is 49.7 Å². The van der Waals surface area contributed by atoms with Crippen LogP contribution in [0.25, 0.3) is 11.1 Å². The van der Waals surface area contributed by atoms with Crippen LogP contribution in [0.1, 0.15) is 183 Å². The fraction of sp³-hybridized carbons (Fsp3) is 0.674. The van der Waals surface area contributed by atoms with Gasteiger partial charge in [-0.3, -0.25) is 9.79 Å². The third-order valence-electron chi connectivity index (χ3n) is 7.37. The normalized spacial score (nSPS) is 10.5. The van der Waals surface area contributed by atoms with Crippen molar-refractivity contribution in [1.29, 1.82) is 0 Å². The summed E-state index contributed by atoms with van der Waals surface area (Å²) < 4.78 is 0. The van der Waals surface area contributed by atoms with Crippen LogP contribution in [0.5, 0.6) is 0 Å². The first kappa shape index (κ1) is 48.1. The Balaban J connectivity index is -0.000000721. The molecular formula is C43H77NO2. The highest BCUT2D eigenvalue weighted by molar-refractivity contribution is 6.03. The van der Waals surface area contributed by atoms with Gasteiger partial charge >= 0.3 is 0 Å². The number of unbranched alkanes of at least 4 members (excludes halogenated alkanes) is 2. The van der Waals surface area contributed by atoms with Crippen molar-refractivity contribution in [3.8, 4) is 11.1 Å². The van der Waals surface area contributed by atoms with Gasteiger partial charge in [0.15, 0.2) is 5.78 Å². The lowest BCUT2D eigenvalue weighted by Gasteiger charge is -2.10. The highest BCUT2D eigenvalue weighted by Gasteiger charge is 2.13. The molecule has 3 nitrogen and oxygen atoms in total. The van der Waals surface area contributed by atoms with Crippen molar-refractivity contribution < 1.29 is 9.90 Å². The van der Waals surface area contributed by atoms with Gasteiger partial charge in [0.2, 0.25) is 0 Å². The molecule has 0 bridgehead atoms. The molecule has 2 rings (SSSR count). The summed E-state index contributed by atoms with van der Waals surface area (Å²) in [7, 11) is 0. The second kappa shape index (κ2) is 34.1. The zero-order chi connectivity index (χ0) is 35.8. The van der Waals surface area contributed by atoms with E-state index < -0.39 is 0 Å². The lowest BCUT2D eigenvalue weighted by molar-refractivity contribution is 0.0982. The van der Waals surface area contributed by atoms with E-state index in [1.165, 1.54) is 63.4 Å². The molecule has 46 heavy (non-hydrogen) atoms. The van der Waals surface area contributed by atoms with Gasteiger partial charge < -0.3 is 5.11 Å². The van der Waals surface area contributed by atoms with E-state index in [9.17, 15) is 9.90 Å². The molecule has 0 fully saturated rings. The molecule has 0 unspecified atom stereocenters. The van der Waals surface area contributed by atoms with Crippen LogP contribution in [0.2, 0.25) is 0 Å². The fourth-order valence-electron chi connectivity index (χ4n) is 4.64. The van der Waals surface area contributed by atoms with Gasteiger partial charge in [0.1, 0.15) is 0 Å². The molecular weight excluding hydrogens is 562 g/mol. The molecule has 2 aromatic rings. The van der Waals surface area contributed by atoms with E-state index in [0.29, 0.717) is 23.4 Å². The highest BCUT2D eigenvalue weighted by atomic mass is 16.3. The number of aliphatic hydroxyl groups is 1. The summed E-state index contributed by atoms with van der Waals surface area (Å²) in [5.41, 5.74) is 5.32. The number of benzene rings is 2. The van der Waals surface area contributed by atoms with Gasteiger partial charge in [-0.05, 0) is 60.4 Å². The third-order valence-corrected chi connectivity index (χ3v) is 7.37. The van der Waals surface area contributed by atoms with E-state index in [-0.39, 0.29) is 12.4 Å². The number of nitrogens with zero attached hydrogens (tertiary/aromatic N) is 1. The van der Waals surface area contributed by atoms with Crippen molar-refractivity contribution in [1.82, 2.24) is 0 Å². The molecule has 0 saturated carbocycles. The number of hydrogen-bond donors (Lipinski definition) is 1. The van der Waals surface area contributed by atoms with E-state index in [4.69, 9.17) is 0 Å². The number of carbonyl (C=O) groups excluding carboxylic acids is 1. The number of ketones is 1. The van der Waals surface area contributed by atoms with Crippen LogP contribution in [0, 0.1) is 11.8 Å². The summed E-state index contributed by atoms with van der Waals surface area (Å²) in [4.78, 5) is 17.0. The van der Waals surface area contributed by atoms with Crippen LogP contribution in [0.15, 0.2) is 47.5 Å². The molecule has 0 spiro atoms. The van der Waals surface area contributed by atoms with Crippen LogP contribution in [-0.2, 0) is 6.42 Å². The molecule has 0 heterocycles. The summed E-state index contributed by atoms with van der Waals surface area (Å²) in [5.74, 6) is 2.00. The number of Topliss-reactive ketones (excluding diaryl/α,β-unsaturated/α-hetero) is 1. The molecule has 0 radical (unpaired) electrons.